The molecule has 1 aromatic carbocycles. The van der Waals surface area contributed by atoms with Gasteiger partial charge in [0.2, 0.25) is 0 Å². The van der Waals surface area contributed by atoms with Crippen molar-refractivity contribution in [2.45, 2.75) is 51.6 Å². The van der Waals surface area contributed by atoms with Crippen LogP contribution in [-0.2, 0) is 10.2 Å². The number of aryl methyl sites for hydroxylation is 1. The fourth-order valence-corrected chi connectivity index (χ4v) is 2.84. The van der Waals surface area contributed by atoms with Crippen LogP contribution in [0.15, 0.2) is 18.2 Å². The van der Waals surface area contributed by atoms with Crippen LogP contribution in [0.3, 0.4) is 0 Å². The SMILES string of the molecule is Cc1ccc(F)c(C2(C#N)CCN(C(=O)OC(C)(C)C)CC2)c1. The van der Waals surface area contributed by atoms with E-state index in [2.05, 4.69) is 6.07 Å². The van der Waals surface area contributed by atoms with Gasteiger partial charge in [-0.25, -0.2) is 9.18 Å². The van der Waals surface area contributed by atoms with E-state index in [1.54, 1.807) is 17.0 Å². The summed E-state index contributed by atoms with van der Waals surface area (Å²) in [5.41, 5.74) is -0.0765. The number of benzene rings is 1. The van der Waals surface area contributed by atoms with Crippen LogP contribution in [0.5, 0.6) is 0 Å². The highest BCUT2D eigenvalue weighted by Gasteiger charge is 2.40. The van der Waals surface area contributed by atoms with Gasteiger partial charge in [-0.15, -0.1) is 0 Å². The maximum atomic E-state index is 14.2. The molecule has 5 heteroatoms. The van der Waals surface area contributed by atoms with Gasteiger partial charge >= 0.3 is 6.09 Å². The Bertz CT molecular complexity index is 635. The van der Waals surface area contributed by atoms with E-state index in [1.165, 1.54) is 6.07 Å². The summed E-state index contributed by atoms with van der Waals surface area (Å²) in [6, 6.07) is 7.13. The second-order valence-electron chi connectivity index (χ2n) is 7.14. The Morgan fingerprint density at radius 3 is 2.48 bits per heavy atom. The quantitative estimate of drug-likeness (QED) is 0.788. The number of carbonyl (C=O) groups is 1. The van der Waals surface area contributed by atoms with Crippen molar-refractivity contribution in [3.63, 3.8) is 0 Å². The van der Waals surface area contributed by atoms with Gasteiger partial charge < -0.3 is 9.64 Å². The molecule has 1 amide bonds. The van der Waals surface area contributed by atoms with E-state index >= 15 is 0 Å². The van der Waals surface area contributed by atoms with Crippen LogP contribution in [0.1, 0.15) is 44.7 Å². The first kappa shape index (κ1) is 17.3. The van der Waals surface area contributed by atoms with Crippen molar-refractivity contribution in [1.29, 1.82) is 5.26 Å². The number of nitrogens with zero attached hydrogens (tertiary/aromatic N) is 2. The molecule has 124 valence electrons. The van der Waals surface area contributed by atoms with Crippen molar-refractivity contribution in [3.8, 4) is 6.07 Å². The third-order valence-electron chi connectivity index (χ3n) is 4.12. The van der Waals surface area contributed by atoms with Gasteiger partial charge in [-0.05, 0) is 46.6 Å². The van der Waals surface area contributed by atoms with E-state index in [1.807, 2.05) is 27.7 Å². The lowest BCUT2D eigenvalue weighted by Crippen LogP contribution is -2.46. The normalized spacial score (nSPS) is 17.5. The number of nitriles is 1. The summed E-state index contributed by atoms with van der Waals surface area (Å²) in [5.74, 6) is -0.358. The third-order valence-corrected chi connectivity index (χ3v) is 4.12. The lowest BCUT2D eigenvalue weighted by Gasteiger charge is -2.38. The molecule has 0 aromatic heterocycles. The Labute approximate surface area is 136 Å². The Balaban J connectivity index is 2.16. The molecule has 0 bridgehead atoms. The number of piperidine rings is 1. The number of hydrogen-bond donors (Lipinski definition) is 0. The first-order chi connectivity index (χ1) is 10.7. The summed E-state index contributed by atoms with van der Waals surface area (Å²) >= 11 is 0. The van der Waals surface area contributed by atoms with E-state index in [0.717, 1.165) is 5.56 Å². The second kappa shape index (κ2) is 6.19. The molecule has 1 aliphatic rings. The molecule has 2 rings (SSSR count). The zero-order valence-corrected chi connectivity index (χ0v) is 14.1. The number of ether oxygens (including phenoxy) is 1. The standard InChI is InChI=1S/C18H23FN2O2/c1-13-5-6-15(19)14(11-13)18(12-20)7-9-21(10-8-18)16(22)23-17(2,3)4/h5-6,11H,7-10H2,1-4H3. The summed E-state index contributed by atoms with van der Waals surface area (Å²) < 4.78 is 19.6. The number of likely N-dealkylation sites (tertiary alicyclic amines) is 1. The Kier molecular flexibility index (Phi) is 4.65. The van der Waals surface area contributed by atoms with Crippen LogP contribution in [0, 0.1) is 24.1 Å². The van der Waals surface area contributed by atoms with Crippen LogP contribution in [0.25, 0.3) is 0 Å². The molecule has 0 unspecified atom stereocenters. The van der Waals surface area contributed by atoms with E-state index in [4.69, 9.17) is 4.74 Å². The molecular formula is C18H23FN2O2. The van der Waals surface area contributed by atoms with Gasteiger partial charge in [-0.2, -0.15) is 5.26 Å². The first-order valence-electron chi connectivity index (χ1n) is 7.83. The molecule has 1 aliphatic heterocycles. The number of amides is 1. The predicted octanol–water partition coefficient (Wildman–Crippen LogP) is 3.93. The van der Waals surface area contributed by atoms with Crippen molar-refractivity contribution in [2.24, 2.45) is 0 Å². The van der Waals surface area contributed by atoms with Gasteiger partial charge in [0.25, 0.3) is 0 Å². The molecule has 4 nitrogen and oxygen atoms in total. The number of rotatable bonds is 1. The van der Waals surface area contributed by atoms with E-state index in [9.17, 15) is 14.4 Å². The monoisotopic (exact) mass is 318 g/mol. The number of hydrogen-bond acceptors (Lipinski definition) is 3. The fraction of sp³-hybridized carbons (Fsp3) is 0.556. The van der Waals surface area contributed by atoms with Gasteiger partial charge in [-0.1, -0.05) is 17.7 Å². The summed E-state index contributed by atoms with van der Waals surface area (Å²) in [4.78, 5) is 13.7. The lowest BCUT2D eigenvalue weighted by atomic mass is 9.73. The average molecular weight is 318 g/mol. The molecule has 1 aromatic rings. The molecule has 23 heavy (non-hydrogen) atoms. The summed E-state index contributed by atoms with van der Waals surface area (Å²) in [7, 11) is 0. The highest BCUT2D eigenvalue weighted by Crippen LogP contribution is 2.37. The summed E-state index contributed by atoms with van der Waals surface area (Å²) in [6.45, 7) is 8.10. The van der Waals surface area contributed by atoms with Gasteiger partial charge in [0.1, 0.15) is 11.4 Å². The molecule has 1 heterocycles. The van der Waals surface area contributed by atoms with Crippen molar-refractivity contribution in [1.82, 2.24) is 4.90 Å². The van der Waals surface area contributed by atoms with E-state index < -0.39 is 11.0 Å². The summed E-state index contributed by atoms with van der Waals surface area (Å²) in [6.07, 6.45) is 0.431. The van der Waals surface area contributed by atoms with Crippen molar-refractivity contribution < 1.29 is 13.9 Å². The molecule has 1 saturated heterocycles. The van der Waals surface area contributed by atoms with Crippen LogP contribution < -0.4 is 0 Å². The molecule has 0 spiro atoms. The van der Waals surface area contributed by atoms with Crippen LogP contribution in [0.2, 0.25) is 0 Å². The maximum Gasteiger partial charge on any atom is 0.410 e. The molecule has 0 N–H and O–H groups in total. The first-order valence-corrected chi connectivity index (χ1v) is 7.83. The van der Waals surface area contributed by atoms with E-state index in [0.29, 0.717) is 31.5 Å². The van der Waals surface area contributed by atoms with Crippen molar-refractivity contribution in [2.75, 3.05) is 13.1 Å². The number of halogens is 1. The van der Waals surface area contributed by atoms with Gasteiger partial charge in [-0.3, -0.25) is 0 Å². The molecular weight excluding hydrogens is 295 g/mol. The Morgan fingerprint density at radius 2 is 1.96 bits per heavy atom. The Hall–Kier alpha value is -2.09. The molecule has 0 radical (unpaired) electrons. The fourth-order valence-electron chi connectivity index (χ4n) is 2.84. The smallest absolute Gasteiger partial charge is 0.410 e. The average Bonchev–Trinajstić information content (AvgIpc) is 2.48. The largest absolute Gasteiger partial charge is 0.444 e. The lowest BCUT2D eigenvalue weighted by molar-refractivity contribution is 0.0184. The summed E-state index contributed by atoms with van der Waals surface area (Å²) in [5, 5.41) is 9.67. The van der Waals surface area contributed by atoms with Gasteiger partial charge in [0.15, 0.2) is 0 Å². The zero-order chi connectivity index (χ0) is 17.3. The molecule has 0 saturated carbocycles. The van der Waals surface area contributed by atoms with Gasteiger partial charge in [0.05, 0.1) is 11.5 Å². The maximum absolute atomic E-state index is 14.2. The molecule has 0 aliphatic carbocycles. The third kappa shape index (κ3) is 3.82. The van der Waals surface area contributed by atoms with Crippen molar-refractivity contribution in [3.05, 3.63) is 35.1 Å². The second-order valence-corrected chi connectivity index (χ2v) is 7.14. The Morgan fingerprint density at radius 1 is 1.35 bits per heavy atom. The van der Waals surface area contributed by atoms with Gasteiger partial charge in [0, 0.05) is 18.7 Å². The van der Waals surface area contributed by atoms with Crippen LogP contribution >= 0.6 is 0 Å². The minimum absolute atomic E-state index is 0.358. The highest BCUT2D eigenvalue weighted by molar-refractivity contribution is 5.68. The zero-order valence-electron chi connectivity index (χ0n) is 14.1. The molecule has 0 atom stereocenters. The molecule has 1 fully saturated rings. The number of carbonyl (C=O) groups excluding carboxylic acids is 1. The highest BCUT2D eigenvalue weighted by atomic mass is 19.1. The predicted molar refractivity (Wildman–Crippen MR) is 85.5 cm³/mol. The minimum atomic E-state index is -0.880. The van der Waals surface area contributed by atoms with Crippen LogP contribution in [0.4, 0.5) is 9.18 Å². The van der Waals surface area contributed by atoms with E-state index in [-0.39, 0.29) is 11.9 Å². The minimum Gasteiger partial charge on any atom is -0.444 e. The van der Waals surface area contributed by atoms with Crippen molar-refractivity contribution >= 4 is 6.09 Å². The topological polar surface area (TPSA) is 53.3 Å². The van der Waals surface area contributed by atoms with Crippen LogP contribution in [-0.4, -0.2) is 29.7 Å².